The molecule has 11 heteroatoms. The van der Waals surface area contributed by atoms with Gasteiger partial charge in [-0.2, -0.15) is 4.31 Å². The van der Waals surface area contributed by atoms with Crippen molar-refractivity contribution in [3.05, 3.63) is 60.2 Å². The highest BCUT2D eigenvalue weighted by Crippen LogP contribution is 2.25. The van der Waals surface area contributed by atoms with Gasteiger partial charge in [0.1, 0.15) is 12.1 Å². The van der Waals surface area contributed by atoms with Gasteiger partial charge in [0.25, 0.3) is 0 Å². The summed E-state index contributed by atoms with van der Waals surface area (Å²) in [7, 11) is -3.77. The van der Waals surface area contributed by atoms with Crippen LogP contribution in [-0.2, 0) is 14.8 Å². The number of aromatic nitrogens is 4. The van der Waals surface area contributed by atoms with E-state index in [1.54, 1.807) is 31.2 Å². The Hall–Kier alpha value is -3.18. The molecule has 1 saturated heterocycles. The van der Waals surface area contributed by atoms with Gasteiger partial charge in [-0.3, -0.25) is 4.79 Å². The highest BCUT2D eigenvalue weighted by atomic mass is 32.2. The Kier molecular flexibility index (Phi) is 5.79. The number of nitrogens with zero attached hydrogens (tertiary/aromatic N) is 5. The van der Waals surface area contributed by atoms with Crippen molar-refractivity contribution < 1.29 is 17.6 Å². The van der Waals surface area contributed by atoms with E-state index in [0.29, 0.717) is 36.3 Å². The number of halogens is 1. The van der Waals surface area contributed by atoms with E-state index < -0.39 is 21.8 Å². The van der Waals surface area contributed by atoms with Crippen molar-refractivity contribution in [1.29, 1.82) is 0 Å². The molecule has 1 aliphatic rings. The van der Waals surface area contributed by atoms with Crippen LogP contribution in [0, 0.1) is 18.7 Å². The molecule has 0 bridgehead atoms. The van der Waals surface area contributed by atoms with Crippen LogP contribution >= 0.6 is 0 Å². The number of aryl methyl sites for hydroxylation is 1. The second-order valence-electron chi connectivity index (χ2n) is 7.40. The lowest BCUT2D eigenvalue weighted by atomic mass is 9.98. The van der Waals surface area contributed by atoms with Crippen molar-refractivity contribution in [3.63, 3.8) is 0 Å². The normalized spacial score (nSPS) is 17.4. The van der Waals surface area contributed by atoms with E-state index in [1.165, 1.54) is 33.5 Å². The summed E-state index contributed by atoms with van der Waals surface area (Å²) in [6.45, 7) is 2.04. The second kappa shape index (κ2) is 8.52. The maximum absolute atomic E-state index is 13.7. The third kappa shape index (κ3) is 4.47. The number of rotatable bonds is 5. The van der Waals surface area contributed by atoms with E-state index >= 15 is 0 Å². The van der Waals surface area contributed by atoms with Crippen LogP contribution in [-0.4, -0.2) is 51.9 Å². The first-order chi connectivity index (χ1) is 14.8. The number of piperidine rings is 1. The highest BCUT2D eigenvalue weighted by Gasteiger charge is 2.33. The number of benzene rings is 2. The molecule has 9 nitrogen and oxygen atoms in total. The SMILES string of the molecule is Cc1ccc(NC(=O)[C@H]2CCCN(S(=O)(=O)c3ccc(-n4cnnn4)cc3)C2)cc1F. The topological polar surface area (TPSA) is 110 Å². The van der Waals surface area contributed by atoms with Crippen LogP contribution in [0.25, 0.3) is 5.69 Å². The molecule has 4 rings (SSSR count). The summed E-state index contributed by atoms with van der Waals surface area (Å²) in [6.07, 6.45) is 2.53. The lowest BCUT2D eigenvalue weighted by Gasteiger charge is -2.31. The van der Waals surface area contributed by atoms with Crippen LogP contribution in [0.1, 0.15) is 18.4 Å². The molecule has 3 aromatic rings. The predicted octanol–water partition coefficient (Wildman–Crippen LogP) is 2.15. The van der Waals surface area contributed by atoms with Gasteiger partial charge in [-0.25, -0.2) is 17.5 Å². The molecule has 31 heavy (non-hydrogen) atoms. The molecule has 0 aliphatic carbocycles. The summed E-state index contributed by atoms with van der Waals surface area (Å²) in [6, 6.07) is 10.7. The van der Waals surface area contributed by atoms with Gasteiger partial charge in [0.2, 0.25) is 15.9 Å². The van der Waals surface area contributed by atoms with Gasteiger partial charge >= 0.3 is 0 Å². The number of amides is 1. The minimum absolute atomic E-state index is 0.0667. The summed E-state index contributed by atoms with van der Waals surface area (Å²) in [4.78, 5) is 12.8. The molecule has 0 saturated carbocycles. The minimum atomic E-state index is -3.77. The molecule has 1 fully saturated rings. The third-order valence-electron chi connectivity index (χ3n) is 5.28. The Labute approximate surface area is 178 Å². The Balaban J connectivity index is 1.46. The molecule has 2 heterocycles. The van der Waals surface area contributed by atoms with Crippen molar-refractivity contribution >= 4 is 21.6 Å². The molecular weight excluding hydrogens is 423 g/mol. The van der Waals surface area contributed by atoms with E-state index in [2.05, 4.69) is 20.8 Å². The maximum Gasteiger partial charge on any atom is 0.243 e. The molecule has 162 valence electrons. The molecule has 0 radical (unpaired) electrons. The van der Waals surface area contributed by atoms with Crippen LogP contribution in [0.2, 0.25) is 0 Å². The summed E-state index contributed by atoms with van der Waals surface area (Å²) in [5.74, 6) is -1.25. The van der Waals surface area contributed by atoms with Crippen molar-refractivity contribution in [2.75, 3.05) is 18.4 Å². The molecule has 0 unspecified atom stereocenters. The number of hydrogen-bond acceptors (Lipinski definition) is 6. The van der Waals surface area contributed by atoms with E-state index in [-0.39, 0.29) is 17.3 Å². The molecule has 1 N–H and O–H groups in total. The van der Waals surface area contributed by atoms with Gasteiger partial charge in [-0.1, -0.05) is 6.07 Å². The number of hydrogen-bond donors (Lipinski definition) is 1. The Bertz CT molecular complexity index is 1180. The molecule has 0 spiro atoms. The first-order valence-corrected chi connectivity index (χ1v) is 11.2. The molecule has 2 aromatic carbocycles. The lowest BCUT2D eigenvalue weighted by Crippen LogP contribution is -2.43. The fourth-order valence-corrected chi connectivity index (χ4v) is 5.01. The number of carbonyl (C=O) groups is 1. The average molecular weight is 444 g/mol. The van der Waals surface area contributed by atoms with Crippen molar-refractivity contribution in [2.45, 2.75) is 24.7 Å². The van der Waals surface area contributed by atoms with Crippen molar-refractivity contribution in [1.82, 2.24) is 24.5 Å². The summed E-state index contributed by atoms with van der Waals surface area (Å²) in [5.41, 5.74) is 1.47. The average Bonchev–Trinajstić information content (AvgIpc) is 3.31. The molecule has 1 aromatic heterocycles. The third-order valence-corrected chi connectivity index (χ3v) is 7.16. The number of tetrazole rings is 1. The van der Waals surface area contributed by atoms with Gasteiger partial charge in [0.15, 0.2) is 0 Å². The van der Waals surface area contributed by atoms with E-state index in [1.807, 2.05) is 0 Å². The highest BCUT2D eigenvalue weighted by molar-refractivity contribution is 7.89. The molecule has 1 atom stereocenters. The predicted molar refractivity (Wildman–Crippen MR) is 110 cm³/mol. The monoisotopic (exact) mass is 444 g/mol. The fraction of sp³-hybridized carbons (Fsp3) is 0.300. The Morgan fingerprint density at radius 1 is 1.19 bits per heavy atom. The summed E-state index contributed by atoms with van der Waals surface area (Å²) >= 11 is 0. The van der Waals surface area contributed by atoms with Crippen molar-refractivity contribution in [3.8, 4) is 5.69 Å². The molecular formula is C20H21FN6O3S. The second-order valence-corrected chi connectivity index (χ2v) is 9.34. The minimum Gasteiger partial charge on any atom is -0.326 e. The zero-order valence-electron chi connectivity index (χ0n) is 16.8. The van der Waals surface area contributed by atoms with Gasteiger partial charge < -0.3 is 5.32 Å². The van der Waals surface area contributed by atoms with Crippen LogP contribution in [0.3, 0.4) is 0 Å². The number of anilines is 1. The quantitative estimate of drug-likeness (QED) is 0.646. The number of sulfonamides is 1. The zero-order valence-corrected chi connectivity index (χ0v) is 17.6. The first-order valence-electron chi connectivity index (χ1n) is 9.75. The summed E-state index contributed by atoms with van der Waals surface area (Å²) < 4.78 is 42.7. The molecule has 1 aliphatic heterocycles. The first kappa shape index (κ1) is 21.1. The number of nitrogens with one attached hydrogen (secondary N) is 1. The Morgan fingerprint density at radius 3 is 2.65 bits per heavy atom. The zero-order chi connectivity index (χ0) is 22.0. The standard InChI is InChI=1S/C20H21FN6O3S/c1-14-4-5-16(11-19(14)21)23-20(28)15-3-2-10-26(12-15)31(29,30)18-8-6-17(7-9-18)27-13-22-24-25-27/h4-9,11,13,15H,2-3,10,12H2,1H3,(H,23,28)/t15-/m0/s1. The summed E-state index contributed by atoms with van der Waals surface area (Å²) in [5, 5.41) is 13.6. The Morgan fingerprint density at radius 2 is 1.97 bits per heavy atom. The van der Waals surface area contributed by atoms with Gasteiger partial charge in [-0.05, 0) is 72.2 Å². The van der Waals surface area contributed by atoms with Gasteiger partial charge in [0, 0.05) is 18.8 Å². The number of carbonyl (C=O) groups excluding carboxylic acids is 1. The fourth-order valence-electron chi connectivity index (χ4n) is 3.49. The van der Waals surface area contributed by atoms with Crippen LogP contribution in [0.5, 0.6) is 0 Å². The van der Waals surface area contributed by atoms with E-state index in [9.17, 15) is 17.6 Å². The maximum atomic E-state index is 13.7. The van der Waals surface area contributed by atoms with Gasteiger partial charge in [-0.15, -0.1) is 5.10 Å². The smallest absolute Gasteiger partial charge is 0.243 e. The van der Waals surface area contributed by atoms with E-state index in [0.717, 1.165) is 0 Å². The van der Waals surface area contributed by atoms with Gasteiger partial charge in [0.05, 0.1) is 16.5 Å². The molecule has 1 amide bonds. The van der Waals surface area contributed by atoms with Crippen molar-refractivity contribution in [2.24, 2.45) is 5.92 Å². The lowest BCUT2D eigenvalue weighted by molar-refractivity contribution is -0.120. The van der Waals surface area contributed by atoms with E-state index in [4.69, 9.17) is 0 Å². The van der Waals surface area contributed by atoms with Crippen LogP contribution < -0.4 is 5.32 Å². The largest absolute Gasteiger partial charge is 0.326 e. The van der Waals surface area contributed by atoms with Crippen LogP contribution in [0.4, 0.5) is 10.1 Å². The van der Waals surface area contributed by atoms with Crippen LogP contribution in [0.15, 0.2) is 53.7 Å².